The average molecular weight is 417 g/mol. The summed E-state index contributed by atoms with van der Waals surface area (Å²) in [6.45, 7) is 0. The Morgan fingerprint density at radius 1 is 0.957 bits per heavy atom. The molecule has 116 valence electrons. The maximum Gasteiger partial charge on any atom is 0.174 e. The lowest BCUT2D eigenvalue weighted by molar-refractivity contribution is 0.353. The van der Waals surface area contributed by atoms with Gasteiger partial charge in [0.1, 0.15) is 0 Å². The van der Waals surface area contributed by atoms with Crippen LogP contribution >= 0.6 is 22.6 Å². The summed E-state index contributed by atoms with van der Waals surface area (Å²) in [4.78, 5) is 4.64. The Balaban J connectivity index is 1.93. The molecule has 0 aliphatic carbocycles. The number of pyridine rings is 1. The van der Waals surface area contributed by atoms with Crippen molar-refractivity contribution in [3.8, 4) is 11.5 Å². The monoisotopic (exact) mass is 417 g/mol. The van der Waals surface area contributed by atoms with E-state index in [1.54, 1.807) is 14.2 Å². The highest BCUT2D eigenvalue weighted by molar-refractivity contribution is 14.1. The second kappa shape index (κ2) is 7.00. The summed E-state index contributed by atoms with van der Waals surface area (Å²) in [5.74, 6) is 1.49. The van der Waals surface area contributed by atoms with E-state index in [1.165, 1.54) is 0 Å². The molecule has 0 aliphatic heterocycles. The molecule has 3 aromatic rings. The smallest absolute Gasteiger partial charge is 0.174 e. The zero-order chi connectivity index (χ0) is 16.2. The molecule has 0 bridgehead atoms. The lowest BCUT2D eigenvalue weighted by Gasteiger charge is -2.10. The highest BCUT2D eigenvalue weighted by Gasteiger charge is 2.09. The molecule has 4 heteroatoms. The Morgan fingerprint density at radius 3 is 2.57 bits per heavy atom. The van der Waals surface area contributed by atoms with Gasteiger partial charge in [-0.2, -0.15) is 0 Å². The molecule has 1 heterocycles. The minimum absolute atomic E-state index is 0.727. The fourth-order valence-electron chi connectivity index (χ4n) is 2.39. The van der Waals surface area contributed by atoms with Crippen LogP contribution in [0.5, 0.6) is 11.5 Å². The topological polar surface area (TPSA) is 31.4 Å². The van der Waals surface area contributed by atoms with Crippen LogP contribution in [0.3, 0.4) is 0 Å². The van der Waals surface area contributed by atoms with Crippen molar-refractivity contribution >= 4 is 45.6 Å². The van der Waals surface area contributed by atoms with Crippen molar-refractivity contribution < 1.29 is 9.47 Å². The molecule has 0 unspecified atom stereocenters. The van der Waals surface area contributed by atoms with Gasteiger partial charge in [-0.15, -0.1) is 0 Å². The molecule has 23 heavy (non-hydrogen) atoms. The molecule has 0 fully saturated rings. The highest BCUT2D eigenvalue weighted by Crippen LogP contribution is 2.34. The van der Waals surface area contributed by atoms with Crippen LogP contribution in [-0.2, 0) is 0 Å². The summed E-state index contributed by atoms with van der Waals surface area (Å²) in [5.41, 5.74) is 2.96. The number of hydrogen-bond acceptors (Lipinski definition) is 3. The van der Waals surface area contributed by atoms with Crippen molar-refractivity contribution in [2.75, 3.05) is 14.2 Å². The number of fused-ring (bicyclic) bond motifs is 1. The first-order valence-electron chi connectivity index (χ1n) is 7.16. The van der Waals surface area contributed by atoms with Gasteiger partial charge in [-0.05, 0) is 58.5 Å². The number of halogens is 1. The van der Waals surface area contributed by atoms with Gasteiger partial charge < -0.3 is 9.47 Å². The van der Waals surface area contributed by atoms with Gasteiger partial charge in [-0.3, -0.25) is 0 Å². The van der Waals surface area contributed by atoms with E-state index in [9.17, 15) is 0 Å². The van der Waals surface area contributed by atoms with Crippen LogP contribution in [-0.4, -0.2) is 19.2 Å². The third kappa shape index (κ3) is 3.47. The minimum atomic E-state index is 0.727. The molecular weight excluding hydrogens is 401 g/mol. The molecule has 1 aromatic heterocycles. The van der Waals surface area contributed by atoms with Gasteiger partial charge in [0.05, 0.1) is 29.0 Å². The molecule has 0 spiro atoms. The van der Waals surface area contributed by atoms with Gasteiger partial charge in [-0.25, -0.2) is 4.98 Å². The number of methoxy groups -OCH3 is 2. The second-order valence-corrected chi connectivity index (χ2v) is 6.16. The maximum absolute atomic E-state index is 5.39. The third-order valence-corrected chi connectivity index (χ3v) is 4.32. The SMILES string of the molecule is COc1cc(C=Cc2ccc3ccccc3n2)cc(I)c1OC. The summed E-state index contributed by atoms with van der Waals surface area (Å²) >= 11 is 2.25. The summed E-state index contributed by atoms with van der Waals surface area (Å²) in [6, 6.07) is 16.2. The Hall–Kier alpha value is -2.08. The predicted molar refractivity (Wildman–Crippen MR) is 103 cm³/mol. The average Bonchev–Trinajstić information content (AvgIpc) is 2.59. The van der Waals surface area contributed by atoms with E-state index < -0.39 is 0 Å². The van der Waals surface area contributed by atoms with Crippen molar-refractivity contribution in [1.82, 2.24) is 4.98 Å². The fraction of sp³-hybridized carbons (Fsp3) is 0.105. The lowest BCUT2D eigenvalue weighted by atomic mass is 10.1. The van der Waals surface area contributed by atoms with E-state index in [4.69, 9.17) is 9.47 Å². The number of hydrogen-bond donors (Lipinski definition) is 0. The number of para-hydroxylation sites is 1. The van der Waals surface area contributed by atoms with Gasteiger partial charge in [0, 0.05) is 5.39 Å². The number of benzene rings is 2. The zero-order valence-electron chi connectivity index (χ0n) is 12.9. The first-order valence-corrected chi connectivity index (χ1v) is 8.24. The van der Waals surface area contributed by atoms with E-state index in [1.807, 2.05) is 42.5 Å². The molecular formula is C19H16INO2. The third-order valence-electron chi connectivity index (χ3n) is 3.52. The Morgan fingerprint density at radius 2 is 1.78 bits per heavy atom. The zero-order valence-corrected chi connectivity index (χ0v) is 15.1. The summed E-state index contributed by atoms with van der Waals surface area (Å²) in [7, 11) is 3.29. The number of rotatable bonds is 4. The van der Waals surface area contributed by atoms with Gasteiger partial charge >= 0.3 is 0 Å². The molecule has 0 atom stereocenters. The first kappa shape index (κ1) is 15.8. The van der Waals surface area contributed by atoms with E-state index in [-0.39, 0.29) is 0 Å². The van der Waals surface area contributed by atoms with Crippen molar-refractivity contribution in [2.45, 2.75) is 0 Å². The molecule has 0 amide bonds. The molecule has 3 nitrogen and oxygen atoms in total. The van der Waals surface area contributed by atoms with Crippen LogP contribution in [0.1, 0.15) is 11.3 Å². The summed E-state index contributed by atoms with van der Waals surface area (Å²) < 4.78 is 11.8. The van der Waals surface area contributed by atoms with Crippen molar-refractivity contribution in [3.05, 3.63) is 63.4 Å². The number of nitrogens with zero attached hydrogens (tertiary/aromatic N) is 1. The van der Waals surface area contributed by atoms with Crippen molar-refractivity contribution in [1.29, 1.82) is 0 Å². The van der Waals surface area contributed by atoms with Crippen LogP contribution in [0.2, 0.25) is 0 Å². The van der Waals surface area contributed by atoms with Gasteiger partial charge in [0.2, 0.25) is 0 Å². The van der Waals surface area contributed by atoms with Crippen molar-refractivity contribution in [3.63, 3.8) is 0 Å². The predicted octanol–water partition coefficient (Wildman–Crippen LogP) is 5.03. The van der Waals surface area contributed by atoms with E-state index in [0.29, 0.717) is 0 Å². The Bertz CT molecular complexity index is 874. The van der Waals surface area contributed by atoms with Crippen LogP contribution in [0.15, 0.2) is 48.5 Å². The highest BCUT2D eigenvalue weighted by atomic mass is 127. The summed E-state index contributed by atoms with van der Waals surface area (Å²) in [5, 5.41) is 1.14. The number of aromatic nitrogens is 1. The minimum Gasteiger partial charge on any atom is -0.493 e. The lowest BCUT2D eigenvalue weighted by Crippen LogP contribution is -1.93. The van der Waals surface area contributed by atoms with Crippen LogP contribution in [0.4, 0.5) is 0 Å². The van der Waals surface area contributed by atoms with Crippen LogP contribution < -0.4 is 9.47 Å². The van der Waals surface area contributed by atoms with E-state index in [2.05, 4.69) is 45.8 Å². The van der Waals surface area contributed by atoms with E-state index >= 15 is 0 Å². The van der Waals surface area contributed by atoms with E-state index in [0.717, 1.165) is 37.2 Å². The van der Waals surface area contributed by atoms with Gasteiger partial charge in [-0.1, -0.05) is 30.3 Å². The molecule has 2 aromatic carbocycles. The molecule has 0 saturated carbocycles. The maximum atomic E-state index is 5.39. The van der Waals surface area contributed by atoms with Gasteiger partial charge in [0.25, 0.3) is 0 Å². The normalized spacial score (nSPS) is 11.1. The Labute approximate surface area is 149 Å². The standard InChI is InChI=1S/C19H16INO2/c1-22-18-12-13(11-16(20)19(18)23-2)7-9-15-10-8-14-5-3-4-6-17(14)21-15/h3-12H,1-2H3. The first-order chi connectivity index (χ1) is 11.2. The quantitative estimate of drug-likeness (QED) is 0.559. The second-order valence-electron chi connectivity index (χ2n) is 5.00. The fourth-order valence-corrected chi connectivity index (χ4v) is 3.24. The van der Waals surface area contributed by atoms with Gasteiger partial charge in [0.15, 0.2) is 11.5 Å². The van der Waals surface area contributed by atoms with Crippen LogP contribution in [0.25, 0.3) is 23.1 Å². The van der Waals surface area contributed by atoms with Crippen molar-refractivity contribution in [2.24, 2.45) is 0 Å². The molecule has 0 radical (unpaired) electrons. The molecule has 3 rings (SSSR count). The molecule has 0 saturated heterocycles. The van der Waals surface area contributed by atoms with Crippen LogP contribution in [0, 0.1) is 3.57 Å². The molecule has 0 aliphatic rings. The molecule has 0 N–H and O–H groups in total. The largest absolute Gasteiger partial charge is 0.493 e. The number of ether oxygens (including phenoxy) is 2. The summed E-state index contributed by atoms with van der Waals surface area (Å²) in [6.07, 6.45) is 4.03. The Kier molecular flexibility index (Phi) is 4.81.